The van der Waals surface area contributed by atoms with Crippen molar-refractivity contribution in [2.75, 3.05) is 6.54 Å². The van der Waals surface area contributed by atoms with E-state index in [1.54, 1.807) is 13.0 Å². The van der Waals surface area contributed by atoms with Gasteiger partial charge in [-0.2, -0.15) is 0 Å². The molecule has 3 aromatic rings. The minimum Gasteiger partial charge on any atom is -0.355 e. The standard InChI is InChI=1S/C18H18ClN5O2/c1-10-15-17(26-22-10)16-13(19)6-3-7-14(16)24(18(15)25)12-5-2-4-11(8-12)9-21-23-20/h3,6-7,11-12H,2,4-5,8-9H2,1H3/t11-,12+/m1/s1. The normalized spacial score (nSPS) is 20.4. The van der Waals surface area contributed by atoms with E-state index in [9.17, 15) is 4.79 Å². The minimum absolute atomic E-state index is 0.0369. The summed E-state index contributed by atoms with van der Waals surface area (Å²) in [6.07, 6.45) is 3.71. The van der Waals surface area contributed by atoms with Crippen LogP contribution in [0.5, 0.6) is 0 Å². The van der Waals surface area contributed by atoms with E-state index in [1.165, 1.54) is 0 Å². The number of fused-ring (bicyclic) bond motifs is 3. The Balaban J connectivity index is 1.95. The Morgan fingerprint density at radius 1 is 1.42 bits per heavy atom. The number of azide groups is 1. The molecule has 1 aliphatic carbocycles. The third-order valence-corrected chi connectivity index (χ3v) is 5.61. The van der Waals surface area contributed by atoms with Crippen LogP contribution in [-0.2, 0) is 0 Å². The molecule has 0 saturated heterocycles. The van der Waals surface area contributed by atoms with E-state index in [2.05, 4.69) is 15.2 Å². The number of hydrogen-bond donors (Lipinski definition) is 0. The lowest BCUT2D eigenvalue weighted by Gasteiger charge is -2.30. The van der Waals surface area contributed by atoms with Gasteiger partial charge in [0.1, 0.15) is 5.39 Å². The molecule has 0 bridgehead atoms. The fourth-order valence-corrected chi connectivity index (χ4v) is 4.39. The fraction of sp³-hybridized carbons (Fsp3) is 0.444. The Bertz CT molecular complexity index is 1100. The second-order valence-electron chi connectivity index (χ2n) is 6.88. The Labute approximate surface area is 154 Å². The number of hydrogen-bond acceptors (Lipinski definition) is 4. The van der Waals surface area contributed by atoms with Crippen molar-refractivity contribution >= 4 is 33.5 Å². The zero-order valence-electron chi connectivity index (χ0n) is 14.4. The molecule has 0 unspecified atom stereocenters. The van der Waals surface area contributed by atoms with Crippen LogP contribution in [0.25, 0.3) is 32.3 Å². The van der Waals surface area contributed by atoms with Gasteiger partial charge in [-0.15, -0.1) is 0 Å². The first kappa shape index (κ1) is 16.9. The first-order chi connectivity index (χ1) is 12.6. The Morgan fingerprint density at radius 3 is 3.08 bits per heavy atom. The molecule has 0 N–H and O–H groups in total. The molecule has 134 valence electrons. The van der Waals surface area contributed by atoms with Crippen molar-refractivity contribution in [3.63, 3.8) is 0 Å². The lowest BCUT2D eigenvalue weighted by Crippen LogP contribution is -2.30. The van der Waals surface area contributed by atoms with E-state index in [4.69, 9.17) is 21.7 Å². The van der Waals surface area contributed by atoms with Crippen LogP contribution in [0.3, 0.4) is 0 Å². The summed E-state index contributed by atoms with van der Waals surface area (Å²) in [5.41, 5.74) is 10.3. The zero-order valence-corrected chi connectivity index (χ0v) is 15.1. The smallest absolute Gasteiger partial charge is 0.264 e. The van der Waals surface area contributed by atoms with E-state index in [0.717, 1.165) is 36.6 Å². The lowest BCUT2D eigenvalue weighted by atomic mass is 9.85. The average molecular weight is 372 g/mol. The quantitative estimate of drug-likeness (QED) is 0.362. The molecule has 1 fully saturated rings. The van der Waals surface area contributed by atoms with Crippen LogP contribution in [0.15, 0.2) is 32.6 Å². The van der Waals surface area contributed by atoms with Gasteiger partial charge in [0, 0.05) is 17.5 Å². The first-order valence-electron chi connectivity index (χ1n) is 8.71. The van der Waals surface area contributed by atoms with Crippen molar-refractivity contribution in [3.05, 3.63) is 49.7 Å². The van der Waals surface area contributed by atoms with E-state index in [1.807, 2.05) is 16.7 Å². The molecule has 2 atom stereocenters. The molecule has 1 aromatic carbocycles. The topological polar surface area (TPSA) is 96.8 Å². The van der Waals surface area contributed by atoms with E-state index in [-0.39, 0.29) is 17.5 Å². The molecule has 0 amide bonds. The fourth-order valence-electron chi connectivity index (χ4n) is 4.14. The maximum atomic E-state index is 13.3. The van der Waals surface area contributed by atoms with Gasteiger partial charge in [-0.05, 0) is 43.3 Å². The molecule has 0 radical (unpaired) electrons. The predicted molar refractivity (Wildman–Crippen MR) is 101 cm³/mol. The molecule has 2 heterocycles. The molecule has 1 aliphatic rings. The largest absolute Gasteiger partial charge is 0.355 e. The minimum atomic E-state index is -0.0945. The molecule has 26 heavy (non-hydrogen) atoms. The molecule has 0 aliphatic heterocycles. The number of benzene rings is 1. The Morgan fingerprint density at radius 2 is 2.27 bits per heavy atom. The average Bonchev–Trinajstić information content (AvgIpc) is 3.02. The number of pyridine rings is 1. The highest BCUT2D eigenvalue weighted by Gasteiger charge is 2.27. The van der Waals surface area contributed by atoms with Gasteiger partial charge in [0.25, 0.3) is 5.56 Å². The van der Waals surface area contributed by atoms with Crippen molar-refractivity contribution in [2.24, 2.45) is 11.0 Å². The number of halogens is 1. The van der Waals surface area contributed by atoms with Crippen molar-refractivity contribution in [1.29, 1.82) is 0 Å². The molecule has 7 nitrogen and oxygen atoms in total. The Kier molecular flexibility index (Phi) is 4.34. The second kappa shape index (κ2) is 6.67. The molecule has 1 saturated carbocycles. The SMILES string of the molecule is Cc1noc2c1c(=O)n([C@H]1CCC[C@@H](CN=[N+]=[N-])C1)c1cccc(Cl)c21. The molecule has 4 rings (SSSR count). The second-order valence-corrected chi connectivity index (χ2v) is 7.29. The summed E-state index contributed by atoms with van der Waals surface area (Å²) in [6.45, 7) is 2.24. The van der Waals surface area contributed by atoms with Gasteiger partial charge in [0.15, 0.2) is 5.58 Å². The third-order valence-electron chi connectivity index (χ3n) is 5.30. The van der Waals surface area contributed by atoms with Gasteiger partial charge >= 0.3 is 0 Å². The molecule has 2 aromatic heterocycles. The van der Waals surface area contributed by atoms with Crippen molar-refractivity contribution in [1.82, 2.24) is 9.72 Å². The van der Waals surface area contributed by atoms with Gasteiger partial charge in [-0.3, -0.25) is 4.79 Å². The summed E-state index contributed by atoms with van der Waals surface area (Å²) in [5.74, 6) is 0.282. The maximum absolute atomic E-state index is 13.3. The molecular weight excluding hydrogens is 354 g/mol. The van der Waals surface area contributed by atoms with Crippen LogP contribution in [-0.4, -0.2) is 16.3 Å². The highest BCUT2D eigenvalue weighted by molar-refractivity contribution is 6.37. The molecular formula is C18H18ClN5O2. The van der Waals surface area contributed by atoms with Crippen molar-refractivity contribution in [3.8, 4) is 0 Å². The summed E-state index contributed by atoms with van der Waals surface area (Å²) in [4.78, 5) is 16.2. The summed E-state index contributed by atoms with van der Waals surface area (Å²) >= 11 is 6.45. The summed E-state index contributed by atoms with van der Waals surface area (Å²) in [5, 5.41) is 9.47. The molecule has 0 spiro atoms. The van der Waals surface area contributed by atoms with Gasteiger partial charge in [-0.1, -0.05) is 40.8 Å². The predicted octanol–water partition coefficient (Wildman–Crippen LogP) is 5.15. The maximum Gasteiger partial charge on any atom is 0.264 e. The van der Waals surface area contributed by atoms with Crippen molar-refractivity contribution in [2.45, 2.75) is 38.6 Å². The van der Waals surface area contributed by atoms with Gasteiger partial charge < -0.3 is 9.09 Å². The zero-order chi connectivity index (χ0) is 18.3. The number of aryl methyl sites for hydroxylation is 1. The highest BCUT2D eigenvalue weighted by Crippen LogP contribution is 2.37. The van der Waals surface area contributed by atoms with Crippen LogP contribution in [0.4, 0.5) is 0 Å². The van der Waals surface area contributed by atoms with E-state index < -0.39 is 0 Å². The number of rotatable bonds is 3. The molecule has 8 heteroatoms. The lowest BCUT2D eigenvalue weighted by molar-refractivity contribution is 0.273. The highest BCUT2D eigenvalue weighted by atomic mass is 35.5. The number of nitrogens with zero attached hydrogens (tertiary/aromatic N) is 5. The number of aromatic nitrogens is 2. The summed E-state index contributed by atoms with van der Waals surface area (Å²) in [7, 11) is 0. The third kappa shape index (κ3) is 2.64. The van der Waals surface area contributed by atoms with Crippen LogP contribution < -0.4 is 5.56 Å². The Hall–Kier alpha value is -2.50. The monoisotopic (exact) mass is 371 g/mol. The summed E-state index contributed by atoms with van der Waals surface area (Å²) in [6, 6.07) is 5.57. The van der Waals surface area contributed by atoms with Crippen LogP contribution in [0.1, 0.15) is 37.4 Å². The summed E-state index contributed by atoms with van der Waals surface area (Å²) < 4.78 is 7.28. The van der Waals surface area contributed by atoms with Crippen LogP contribution >= 0.6 is 11.6 Å². The van der Waals surface area contributed by atoms with Gasteiger partial charge in [-0.25, -0.2) is 0 Å². The van der Waals surface area contributed by atoms with Gasteiger partial charge in [0.05, 0.1) is 21.6 Å². The van der Waals surface area contributed by atoms with E-state index >= 15 is 0 Å². The van der Waals surface area contributed by atoms with Crippen LogP contribution in [0.2, 0.25) is 5.02 Å². The van der Waals surface area contributed by atoms with Crippen LogP contribution in [0, 0.1) is 12.8 Å². The van der Waals surface area contributed by atoms with Crippen molar-refractivity contribution < 1.29 is 4.52 Å². The van der Waals surface area contributed by atoms with E-state index in [0.29, 0.717) is 28.2 Å². The van der Waals surface area contributed by atoms with Gasteiger partial charge in [0.2, 0.25) is 0 Å². The first-order valence-corrected chi connectivity index (χ1v) is 9.09.